The van der Waals surface area contributed by atoms with Gasteiger partial charge in [0.15, 0.2) is 0 Å². The lowest BCUT2D eigenvalue weighted by atomic mass is 10.2. The van der Waals surface area contributed by atoms with Crippen molar-refractivity contribution in [1.82, 2.24) is 9.80 Å². The number of likely N-dealkylation sites (N-methyl/N-ethyl adjacent to an activating group) is 1. The Labute approximate surface area is 121 Å². The van der Waals surface area contributed by atoms with Crippen molar-refractivity contribution in [3.05, 3.63) is 34.1 Å². The average Bonchev–Trinajstić information content (AvgIpc) is 2.66. The Kier molecular flexibility index (Phi) is 4.93. The molecular weight excluding hydrogens is 311 g/mol. The number of nitrogens with zero attached hydrogens (tertiary/aromatic N) is 2. The normalized spacial score (nSPS) is 17.3. The van der Waals surface area contributed by atoms with Crippen LogP contribution in [0.1, 0.15) is 23.7 Å². The molecule has 1 aromatic rings. The minimum absolute atomic E-state index is 0.0932. The van der Waals surface area contributed by atoms with Gasteiger partial charge < -0.3 is 9.80 Å². The minimum Gasteiger partial charge on any atom is -0.337 e. The van der Waals surface area contributed by atoms with Crippen LogP contribution < -0.4 is 0 Å². The van der Waals surface area contributed by atoms with Gasteiger partial charge in [-0.25, -0.2) is 4.39 Å². The largest absolute Gasteiger partial charge is 0.337 e. The van der Waals surface area contributed by atoms with Crippen molar-refractivity contribution >= 4 is 21.8 Å². The van der Waals surface area contributed by atoms with Gasteiger partial charge in [0.25, 0.3) is 5.91 Å². The second-order valence-corrected chi connectivity index (χ2v) is 5.56. The van der Waals surface area contributed by atoms with Crippen LogP contribution in [0.4, 0.5) is 4.39 Å². The van der Waals surface area contributed by atoms with E-state index in [4.69, 9.17) is 0 Å². The van der Waals surface area contributed by atoms with E-state index in [0.717, 1.165) is 32.6 Å². The number of carbonyl (C=O) groups excluding carboxylic acids is 1. The zero-order chi connectivity index (χ0) is 13.8. The lowest BCUT2D eigenvalue weighted by Gasteiger charge is -2.21. The summed E-state index contributed by atoms with van der Waals surface area (Å²) in [5, 5.41) is 0. The van der Waals surface area contributed by atoms with Crippen LogP contribution in [0.5, 0.6) is 0 Å². The molecule has 0 aromatic heterocycles. The molecule has 2 rings (SSSR count). The third-order valence-corrected chi connectivity index (χ3v) is 4.17. The van der Waals surface area contributed by atoms with Crippen LogP contribution in [0, 0.1) is 5.82 Å². The van der Waals surface area contributed by atoms with Crippen molar-refractivity contribution < 1.29 is 9.18 Å². The Bertz CT molecular complexity index is 467. The van der Waals surface area contributed by atoms with Gasteiger partial charge in [0.05, 0.1) is 5.56 Å². The highest BCUT2D eigenvalue weighted by molar-refractivity contribution is 9.10. The zero-order valence-electron chi connectivity index (χ0n) is 11.0. The molecule has 1 aliphatic heterocycles. The van der Waals surface area contributed by atoms with E-state index in [1.165, 1.54) is 12.1 Å². The molecule has 0 unspecified atom stereocenters. The maximum atomic E-state index is 13.3. The molecule has 1 saturated heterocycles. The Balaban J connectivity index is 2.13. The van der Waals surface area contributed by atoms with Crippen molar-refractivity contribution in [1.29, 1.82) is 0 Å². The predicted octanol–water partition coefficient (Wildman–Crippen LogP) is 2.76. The van der Waals surface area contributed by atoms with Crippen LogP contribution in [-0.2, 0) is 0 Å². The van der Waals surface area contributed by atoms with E-state index >= 15 is 0 Å². The Morgan fingerprint density at radius 3 is 2.84 bits per heavy atom. The summed E-state index contributed by atoms with van der Waals surface area (Å²) in [4.78, 5) is 16.6. The topological polar surface area (TPSA) is 23.6 Å². The maximum Gasteiger partial charge on any atom is 0.255 e. The van der Waals surface area contributed by atoms with Gasteiger partial charge >= 0.3 is 0 Å². The van der Waals surface area contributed by atoms with Gasteiger partial charge in [-0.2, -0.15) is 0 Å². The third kappa shape index (κ3) is 3.54. The summed E-state index contributed by atoms with van der Waals surface area (Å²) in [5.41, 5.74) is 0.407. The van der Waals surface area contributed by atoms with E-state index in [1.807, 2.05) is 4.90 Å². The smallest absolute Gasteiger partial charge is 0.255 e. The second-order valence-electron chi connectivity index (χ2n) is 4.70. The van der Waals surface area contributed by atoms with Gasteiger partial charge in [-0.15, -0.1) is 0 Å². The van der Waals surface area contributed by atoms with E-state index in [1.54, 1.807) is 6.07 Å². The van der Waals surface area contributed by atoms with Gasteiger partial charge in [0.1, 0.15) is 5.82 Å². The quantitative estimate of drug-likeness (QED) is 0.833. The predicted molar refractivity (Wildman–Crippen MR) is 76.7 cm³/mol. The molecule has 0 N–H and O–H groups in total. The summed E-state index contributed by atoms with van der Waals surface area (Å²) in [6, 6.07) is 4.23. The average molecular weight is 329 g/mol. The third-order valence-electron chi connectivity index (χ3n) is 3.48. The minimum atomic E-state index is -0.378. The Morgan fingerprint density at radius 2 is 2.11 bits per heavy atom. The van der Waals surface area contributed by atoms with Crippen molar-refractivity contribution in [2.45, 2.75) is 13.3 Å². The van der Waals surface area contributed by atoms with E-state index in [9.17, 15) is 9.18 Å². The number of halogens is 2. The molecule has 0 spiro atoms. The molecule has 19 heavy (non-hydrogen) atoms. The van der Waals surface area contributed by atoms with Crippen LogP contribution in [0.25, 0.3) is 0 Å². The van der Waals surface area contributed by atoms with Crippen LogP contribution in [0.15, 0.2) is 22.7 Å². The molecular formula is C14H18BrFN2O. The van der Waals surface area contributed by atoms with E-state index in [-0.39, 0.29) is 11.7 Å². The van der Waals surface area contributed by atoms with Crippen molar-refractivity contribution in [3.8, 4) is 0 Å². The molecule has 5 heteroatoms. The zero-order valence-corrected chi connectivity index (χ0v) is 12.6. The van der Waals surface area contributed by atoms with Crippen molar-refractivity contribution in [2.75, 3.05) is 32.7 Å². The van der Waals surface area contributed by atoms with E-state index < -0.39 is 0 Å². The molecule has 3 nitrogen and oxygen atoms in total. The summed E-state index contributed by atoms with van der Waals surface area (Å²) in [7, 11) is 0. The molecule has 104 valence electrons. The number of hydrogen-bond donors (Lipinski definition) is 0. The second kappa shape index (κ2) is 6.48. The molecule has 1 amide bonds. The number of hydrogen-bond acceptors (Lipinski definition) is 2. The number of benzene rings is 1. The SMILES string of the molecule is CCN1CCCN(C(=O)c2cc(F)ccc2Br)CC1. The molecule has 0 atom stereocenters. The maximum absolute atomic E-state index is 13.3. The lowest BCUT2D eigenvalue weighted by molar-refractivity contribution is 0.0760. The molecule has 0 radical (unpaired) electrons. The standard InChI is InChI=1S/C14H18BrFN2O/c1-2-17-6-3-7-18(9-8-17)14(19)12-10-11(16)4-5-13(12)15/h4-5,10H,2-3,6-9H2,1H3. The fourth-order valence-corrected chi connectivity index (χ4v) is 2.74. The van der Waals surface area contributed by atoms with Gasteiger partial charge in [-0.1, -0.05) is 6.92 Å². The van der Waals surface area contributed by atoms with E-state index in [0.29, 0.717) is 16.6 Å². The fourth-order valence-electron chi connectivity index (χ4n) is 2.32. The Morgan fingerprint density at radius 1 is 1.32 bits per heavy atom. The van der Waals surface area contributed by atoms with Gasteiger partial charge in [0.2, 0.25) is 0 Å². The van der Waals surface area contributed by atoms with Crippen LogP contribution in [0.3, 0.4) is 0 Å². The summed E-state index contributed by atoms with van der Waals surface area (Å²) < 4.78 is 13.9. The highest BCUT2D eigenvalue weighted by atomic mass is 79.9. The summed E-state index contributed by atoms with van der Waals surface area (Å²) in [6.45, 7) is 6.47. The molecule has 0 bridgehead atoms. The molecule has 0 saturated carbocycles. The molecule has 1 aromatic carbocycles. The number of amides is 1. The van der Waals surface area contributed by atoms with Gasteiger partial charge in [0, 0.05) is 24.1 Å². The number of rotatable bonds is 2. The molecule has 1 heterocycles. The fraction of sp³-hybridized carbons (Fsp3) is 0.500. The van der Waals surface area contributed by atoms with E-state index in [2.05, 4.69) is 27.8 Å². The monoisotopic (exact) mass is 328 g/mol. The first-order valence-corrected chi connectivity index (χ1v) is 7.37. The summed E-state index contributed by atoms with van der Waals surface area (Å²) in [5.74, 6) is -0.471. The first-order valence-electron chi connectivity index (χ1n) is 6.58. The van der Waals surface area contributed by atoms with Crippen LogP contribution in [0.2, 0.25) is 0 Å². The first-order chi connectivity index (χ1) is 9.11. The highest BCUT2D eigenvalue weighted by Crippen LogP contribution is 2.20. The molecule has 1 aliphatic rings. The highest BCUT2D eigenvalue weighted by Gasteiger charge is 2.21. The van der Waals surface area contributed by atoms with Crippen molar-refractivity contribution in [2.24, 2.45) is 0 Å². The molecule has 0 aliphatic carbocycles. The first kappa shape index (κ1) is 14.5. The lowest BCUT2D eigenvalue weighted by Crippen LogP contribution is -2.35. The van der Waals surface area contributed by atoms with Crippen LogP contribution in [-0.4, -0.2) is 48.4 Å². The summed E-state index contributed by atoms with van der Waals surface area (Å²) in [6.07, 6.45) is 0.965. The van der Waals surface area contributed by atoms with Crippen LogP contribution >= 0.6 is 15.9 Å². The number of carbonyl (C=O) groups is 1. The van der Waals surface area contributed by atoms with Gasteiger partial charge in [-0.05, 0) is 53.6 Å². The van der Waals surface area contributed by atoms with Crippen molar-refractivity contribution in [3.63, 3.8) is 0 Å². The molecule has 1 fully saturated rings. The summed E-state index contributed by atoms with van der Waals surface area (Å²) >= 11 is 3.32. The van der Waals surface area contributed by atoms with Gasteiger partial charge in [-0.3, -0.25) is 4.79 Å². The Hall–Kier alpha value is -0.940.